The van der Waals surface area contributed by atoms with E-state index in [0.29, 0.717) is 6.04 Å². The first-order valence-electron chi connectivity index (χ1n) is 10.8. The molecule has 6 heteroatoms. The van der Waals surface area contributed by atoms with Crippen molar-refractivity contribution in [3.8, 4) is 0 Å². The van der Waals surface area contributed by atoms with Crippen LogP contribution in [-0.2, 0) is 10.2 Å². The van der Waals surface area contributed by atoms with Gasteiger partial charge in [-0.05, 0) is 36.0 Å². The Hall–Kier alpha value is -2.34. The van der Waals surface area contributed by atoms with Crippen molar-refractivity contribution in [1.82, 2.24) is 9.97 Å². The third kappa shape index (κ3) is 4.99. The van der Waals surface area contributed by atoms with Crippen LogP contribution in [-0.4, -0.2) is 55.4 Å². The van der Waals surface area contributed by atoms with E-state index in [0.717, 1.165) is 57.4 Å². The van der Waals surface area contributed by atoms with Gasteiger partial charge in [-0.2, -0.15) is 0 Å². The Labute approximate surface area is 174 Å². The molecule has 0 spiro atoms. The molecular weight excluding hydrogens is 362 g/mol. The number of anilines is 3. The maximum Gasteiger partial charge on any atom is 0.134 e. The lowest BCUT2D eigenvalue weighted by atomic mass is 9.86. The van der Waals surface area contributed by atoms with Gasteiger partial charge >= 0.3 is 0 Å². The summed E-state index contributed by atoms with van der Waals surface area (Å²) in [4.78, 5) is 13.7. The number of benzene rings is 1. The van der Waals surface area contributed by atoms with Crippen LogP contribution in [0.25, 0.3) is 0 Å². The van der Waals surface area contributed by atoms with E-state index in [-0.39, 0.29) is 5.41 Å². The van der Waals surface area contributed by atoms with Gasteiger partial charge in [-0.15, -0.1) is 0 Å². The molecule has 156 valence electrons. The monoisotopic (exact) mass is 395 g/mol. The second kappa shape index (κ2) is 8.57. The largest absolute Gasteiger partial charge is 0.378 e. The molecule has 1 aromatic carbocycles. The van der Waals surface area contributed by atoms with E-state index in [4.69, 9.17) is 4.74 Å². The van der Waals surface area contributed by atoms with Crippen molar-refractivity contribution in [3.63, 3.8) is 0 Å². The number of nitrogens with one attached hydrogen (secondary N) is 1. The smallest absolute Gasteiger partial charge is 0.134 e. The first-order valence-corrected chi connectivity index (χ1v) is 10.8. The lowest BCUT2D eigenvalue weighted by Gasteiger charge is -2.36. The van der Waals surface area contributed by atoms with Gasteiger partial charge in [0.25, 0.3) is 0 Å². The first-order chi connectivity index (χ1) is 14.0. The van der Waals surface area contributed by atoms with Crippen molar-refractivity contribution in [3.05, 3.63) is 42.2 Å². The highest BCUT2D eigenvalue weighted by molar-refractivity contribution is 5.52. The molecule has 1 aromatic heterocycles. The van der Waals surface area contributed by atoms with Crippen LogP contribution in [0.1, 0.15) is 39.2 Å². The number of piperidine rings is 1. The standard InChI is InChI=1S/C23H33N5O/c1-23(2,3)18-6-4-8-20(14-18)28-9-5-7-19(16-28)26-21-15-22(25-17-24-21)27-10-12-29-13-11-27/h4,6,8,14-15,17,19H,5,7,9-13,16H2,1-3H3,(H,24,25,26). The lowest BCUT2D eigenvalue weighted by molar-refractivity contribution is 0.122. The summed E-state index contributed by atoms with van der Waals surface area (Å²) in [6, 6.07) is 11.5. The van der Waals surface area contributed by atoms with Gasteiger partial charge in [0.15, 0.2) is 0 Å². The molecule has 2 saturated heterocycles. The van der Waals surface area contributed by atoms with Gasteiger partial charge in [0.1, 0.15) is 18.0 Å². The van der Waals surface area contributed by atoms with Crippen LogP contribution in [0, 0.1) is 0 Å². The van der Waals surface area contributed by atoms with Gasteiger partial charge in [-0.25, -0.2) is 9.97 Å². The number of ether oxygens (including phenoxy) is 1. The molecule has 0 bridgehead atoms. The zero-order valence-corrected chi connectivity index (χ0v) is 17.9. The summed E-state index contributed by atoms with van der Waals surface area (Å²) in [6.45, 7) is 12.2. The van der Waals surface area contributed by atoms with Crippen molar-refractivity contribution in [2.45, 2.75) is 45.1 Å². The number of hydrogen-bond acceptors (Lipinski definition) is 6. The molecule has 0 radical (unpaired) electrons. The fourth-order valence-electron chi connectivity index (χ4n) is 4.10. The highest BCUT2D eigenvalue weighted by Gasteiger charge is 2.22. The summed E-state index contributed by atoms with van der Waals surface area (Å²) < 4.78 is 5.45. The van der Waals surface area contributed by atoms with Gasteiger partial charge < -0.3 is 19.9 Å². The Bertz CT molecular complexity index is 813. The molecule has 1 atom stereocenters. The van der Waals surface area contributed by atoms with Crippen molar-refractivity contribution in [1.29, 1.82) is 0 Å². The Morgan fingerprint density at radius 1 is 1.03 bits per heavy atom. The average molecular weight is 396 g/mol. The molecule has 3 heterocycles. The normalized spacial score (nSPS) is 20.6. The summed E-state index contributed by atoms with van der Waals surface area (Å²) >= 11 is 0. The Balaban J connectivity index is 1.43. The van der Waals surface area contributed by atoms with Crippen molar-refractivity contribution in [2.24, 2.45) is 0 Å². The fraction of sp³-hybridized carbons (Fsp3) is 0.565. The van der Waals surface area contributed by atoms with Crippen LogP contribution < -0.4 is 15.1 Å². The number of rotatable bonds is 4. The summed E-state index contributed by atoms with van der Waals surface area (Å²) in [5.41, 5.74) is 2.87. The summed E-state index contributed by atoms with van der Waals surface area (Å²) in [6.07, 6.45) is 4.01. The first kappa shape index (κ1) is 20.0. The number of morpholine rings is 1. The molecule has 29 heavy (non-hydrogen) atoms. The van der Waals surface area contributed by atoms with Gasteiger partial charge in [-0.3, -0.25) is 0 Å². The average Bonchev–Trinajstić information content (AvgIpc) is 2.74. The molecule has 0 saturated carbocycles. The molecule has 2 aromatic rings. The third-order valence-electron chi connectivity index (χ3n) is 5.84. The minimum atomic E-state index is 0.167. The van der Waals surface area contributed by atoms with Gasteiger partial charge in [0.05, 0.1) is 13.2 Å². The predicted molar refractivity (Wildman–Crippen MR) is 119 cm³/mol. The summed E-state index contributed by atoms with van der Waals surface area (Å²) in [5, 5.41) is 3.65. The minimum absolute atomic E-state index is 0.167. The molecule has 0 aliphatic carbocycles. The summed E-state index contributed by atoms with van der Waals surface area (Å²) in [7, 11) is 0. The van der Waals surface area contributed by atoms with E-state index in [2.05, 4.69) is 76.2 Å². The van der Waals surface area contributed by atoms with Crippen LogP contribution in [0.2, 0.25) is 0 Å². The van der Waals surface area contributed by atoms with Crippen LogP contribution >= 0.6 is 0 Å². The Morgan fingerprint density at radius 3 is 2.66 bits per heavy atom. The van der Waals surface area contributed by atoms with Gasteiger partial charge in [0.2, 0.25) is 0 Å². The number of hydrogen-bond donors (Lipinski definition) is 1. The lowest BCUT2D eigenvalue weighted by Crippen LogP contribution is -2.42. The topological polar surface area (TPSA) is 53.5 Å². The SMILES string of the molecule is CC(C)(C)c1cccc(N2CCCC(Nc3cc(N4CCOCC4)ncn3)C2)c1. The molecule has 2 aliphatic rings. The van der Waals surface area contributed by atoms with Crippen molar-refractivity contribution in [2.75, 3.05) is 54.5 Å². The Morgan fingerprint density at radius 2 is 1.86 bits per heavy atom. The predicted octanol–water partition coefficient (Wildman–Crippen LogP) is 3.69. The van der Waals surface area contributed by atoms with Crippen molar-refractivity contribution >= 4 is 17.3 Å². The van der Waals surface area contributed by atoms with Crippen LogP contribution in [0.3, 0.4) is 0 Å². The molecule has 2 fully saturated rings. The van der Waals surface area contributed by atoms with E-state index in [9.17, 15) is 0 Å². The second-order valence-electron chi connectivity index (χ2n) is 9.09. The van der Waals surface area contributed by atoms with E-state index in [1.807, 2.05) is 0 Å². The molecule has 0 amide bonds. The maximum absolute atomic E-state index is 5.45. The second-order valence-corrected chi connectivity index (χ2v) is 9.09. The zero-order valence-electron chi connectivity index (χ0n) is 17.9. The molecule has 1 unspecified atom stereocenters. The van der Waals surface area contributed by atoms with E-state index < -0.39 is 0 Å². The minimum Gasteiger partial charge on any atom is -0.378 e. The fourth-order valence-corrected chi connectivity index (χ4v) is 4.10. The van der Waals surface area contributed by atoms with Crippen molar-refractivity contribution < 1.29 is 4.74 Å². The summed E-state index contributed by atoms with van der Waals surface area (Å²) in [5.74, 6) is 1.90. The number of nitrogens with zero attached hydrogens (tertiary/aromatic N) is 4. The highest BCUT2D eigenvalue weighted by atomic mass is 16.5. The van der Waals surface area contributed by atoms with E-state index >= 15 is 0 Å². The van der Waals surface area contributed by atoms with E-state index in [1.54, 1.807) is 6.33 Å². The maximum atomic E-state index is 5.45. The van der Waals surface area contributed by atoms with Crippen LogP contribution in [0.4, 0.5) is 17.3 Å². The third-order valence-corrected chi connectivity index (χ3v) is 5.84. The van der Waals surface area contributed by atoms with Crippen LogP contribution in [0.15, 0.2) is 36.7 Å². The Kier molecular flexibility index (Phi) is 5.90. The molecule has 2 aliphatic heterocycles. The molecule has 1 N–H and O–H groups in total. The van der Waals surface area contributed by atoms with Crippen LogP contribution in [0.5, 0.6) is 0 Å². The molecular formula is C23H33N5O. The quantitative estimate of drug-likeness (QED) is 0.852. The van der Waals surface area contributed by atoms with E-state index in [1.165, 1.54) is 17.7 Å². The van der Waals surface area contributed by atoms with Gasteiger partial charge in [0, 0.05) is 44.0 Å². The highest BCUT2D eigenvalue weighted by Crippen LogP contribution is 2.28. The number of aromatic nitrogens is 2. The molecule has 4 rings (SSSR count). The zero-order chi connectivity index (χ0) is 20.3. The molecule has 6 nitrogen and oxygen atoms in total. The van der Waals surface area contributed by atoms with Gasteiger partial charge in [-0.1, -0.05) is 32.9 Å².